The van der Waals surface area contributed by atoms with Gasteiger partial charge in [-0.15, -0.1) is 0 Å². The Morgan fingerprint density at radius 1 is 1.05 bits per heavy atom. The number of imidazole rings is 1. The first-order valence-electron chi connectivity index (χ1n) is 7.04. The van der Waals surface area contributed by atoms with E-state index in [4.69, 9.17) is 0 Å². The van der Waals surface area contributed by atoms with Gasteiger partial charge >= 0.3 is 0 Å². The monoisotopic (exact) mass is 278 g/mol. The van der Waals surface area contributed by atoms with E-state index in [2.05, 4.69) is 20.3 Å². The van der Waals surface area contributed by atoms with Gasteiger partial charge in [-0.25, -0.2) is 9.97 Å². The van der Waals surface area contributed by atoms with Crippen LogP contribution in [0.4, 0.5) is 0 Å². The van der Waals surface area contributed by atoms with Gasteiger partial charge in [-0.3, -0.25) is 4.79 Å². The first-order valence-corrected chi connectivity index (χ1v) is 7.04. The predicted molar refractivity (Wildman–Crippen MR) is 80.0 cm³/mol. The van der Waals surface area contributed by atoms with Crippen LogP contribution in [0.1, 0.15) is 22.6 Å². The fourth-order valence-electron chi connectivity index (χ4n) is 2.65. The van der Waals surface area contributed by atoms with E-state index >= 15 is 0 Å². The van der Waals surface area contributed by atoms with Crippen molar-refractivity contribution in [2.24, 2.45) is 0 Å². The predicted octanol–water partition coefficient (Wildman–Crippen LogP) is 2.30. The second-order valence-electron chi connectivity index (χ2n) is 5.16. The highest BCUT2D eigenvalue weighted by molar-refractivity contribution is 5.94. The molecule has 0 radical (unpaired) electrons. The van der Waals surface area contributed by atoms with Crippen molar-refractivity contribution in [3.63, 3.8) is 0 Å². The molecule has 0 bridgehead atoms. The quantitative estimate of drug-likeness (QED) is 0.717. The third kappa shape index (κ3) is 2.07. The van der Waals surface area contributed by atoms with Gasteiger partial charge in [0.1, 0.15) is 11.4 Å². The lowest BCUT2D eigenvalue weighted by Gasteiger charge is -2.00. The molecule has 104 valence electrons. The molecule has 0 fully saturated rings. The van der Waals surface area contributed by atoms with Crippen LogP contribution in [0, 0.1) is 0 Å². The van der Waals surface area contributed by atoms with Crippen LogP contribution in [0.2, 0.25) is 0 Å². The summed E-state index contributed by atoms with van der Waals surface area (Å²) in [6.45, 7) is 0.701. The number of carbonyl (C=O) groups is 1. The van der Waals surface area contributed by atoms with E-state index in [1.807, 2.05) is 36.4 Å². The molecular formula is C16H14N4O. The number of benzene rings is 1. The number of aryl methyl sites for hydroxylation is 1. The summed E-state index contributed by atoms with van der Waals surface area (Å²) in [5, 5.41) is 3.94. The van der Waals surface area contributed by atoms with Crippen molar-refractivity contribution in [2.45, 2.75) is 12.8 Å². The number of aromatic nitrogens is 3. The molecule has 1 amide bonds. The van der Waals surface area contributed by atoms with E-state index in [0.717, 1.165) is 35.1 Å². The van der Waals surface area contributed by atoms with Crippen molar-refractivity contribution in [3.05, 3.63) is 47.8 Å². The minimum absolute atomic E-state index is 0.106. The fraction of sp³-hybridized carbons (Fsp3) is 0.188. The first-order chi connectivity index (χ1) is 10.3. The molecule has 3 heterocycles. The zero-order valence-electron chi connectivity index (χ0n) is 11.4. The Balaban J connectivity index is 1.82. The number of hydrogen-bond donors (Lipinski definition) is 2. The molecule has 0 aliphatic carbocycles. The lowest BCUT2D eigenvalue weighted by Crippen LogP contribution is -2.23. The smallest absolute Gasteiger partial charge is 0.271 e. The maximum atomic E-state index is 11.9. The van der Waals surface area contributed by atoms with Gasteiger partial charge in [0.25, 0.3) is 5.91 Å². The van der Waals surface area contributed by atoms with Crippen molar-refractivity contribution >= 4 is 16.8 Å². The van der Waals surface area contributed by atoms with Crippen LogP contribution in [-0.2, 0) is 6.42 Å². The summed E-state index contributed by atoms with van der Waals surface area (Å²) in [5.41, 5.74) is 3.08. The first kappa shape index (κ1) is 12.1. The van der Waals surface area contributed by atoms with E-state index in [9.17, 15) is 4.79 Å². The molecule has 2 N–H and O–H groups in total. The fourth-order valence-corrected chi connectivity index (χ4v) is 2.65. The Hall–Kier alpha value is -2.69. The highest BCUT2D eigenvalue weighted by Gasteiger charge is 2.20. The zero-order valence-corrected chi connectivity index (χ0v) is 11.4. The molecular weight excluding hydrogens is 264 g/mol. The SMILES string of the molecule is O=C1NCCCc2[nH]c(-c3ccc4ccccc4n3)nc21. The number of pyridine rings is 1. The van der Waals surface area contributed by atoms with Gasteiger partial charge in [0.2, 0.25) is 0 Å². The molecule has 5 heteroatoms. The van der Waals surface area contributed by atoms with Crippen LogP contribution in [0.15, 0.2) is 36.4 Å². The van der Waals surface area contributed by atoms with Crippen LogP contribution in [0.5, 0.6) is 0 Å². The summed E-state index contributed by atoms with van der Waals surface area (Å²) >= 11 is 0. The molecule has 4 rings (SSSR count). The van der Waals surface area contributed by atoms with Gasteiger partial charge < -0.3 is 10.3 Å². The van der Waals surface area contributed by atoms with Gasteiger partial charge in [-0.2, -0.15) is 0 Å². The summed E-state index contributed by atoms with van der Waals surface area (Å²) in [5.74, 6) is 0.550. The maximum absolute atomic E-state index is 11.9. The Morgan fingerprint density at radius 3 is 2.90 bits per heavy atom. The zero-order chi connectivity index (χ0) is 14.2. The number of carbonyl (C=O) groups excluding carboxylic acids is 1. The minimum Gasteiger partial charge on any atom is -0.351 e. The molecule has 3 aromatic rings. The van der Waals surface area contributed by atoms with Gasteiger partial charge in [0, 0.05) is 17.6 Å². The minimum atomic E-state index is -0.106. The van der Waals surface area contributed by atoms with Gasteiger partial charge in [0.05, 0.1) is 5.52 Å². The molecule has 1 aromatic carbocycles. The second kappa shape index (κ2) is 4.70. The van der Waals surface area contributed by atoms with E-state index in [1.54, 1.807) is 0 Å². The van der Waals surface area contributed by atoms with Crippen molar-refractivity contribution < 1.29 is 4.79 Å². The van der Waals surface area contributed by atoms with Crippen molar-refractivity contribution in [1.82, 2.24) is 20.3 Å². The van der Waals surface area contributed by atoms with Crippen molar-refractivity contribution in [1.29, 1.82) is 0 Å². The number of nitrogens with zero attached hydrogens (tertiary/aromatic N) is 2. The molecule has 5 nitrogen and oxygen atoms in total. The maximum Gasteiger partial charge on any atom is 0.271 e. The lowest BCUT2D eigenvalue weighted by atomic mass is 10.2. The van der Waals surface area contributed by atoms with Gasteiger partial charge in [0.15, 0.2) is 5.82 Å². The third-order valence-electron chi connectivity index (χ3n) is 3.72. The van der Waals surface area contributed by atoms with E-state index in [0.29, 0.717) is 18.1 Å². The number of H-pyrrole nitrogens is 1. The molecule has 0 atom stereocenters. The van der Waals surface area contributed by atoms with E-state index < -0.39 is 0 Å². The Morgan fingerprint density at radius 2 is 1.95 bits per heavy atom. The number of fused-ring (bicyclic) bond motifs is 2. The number of aromatic amines is 1. The Bertz CT molecular complexity index is 837. The number of para-hydroxylation sites is 1. The molecule has 0 saturated carbocycles. The highest BCUT2D eigenvalue weighted by Crippen LogP contribution is 2.21. The normalized spacial score (nSPS) is 14.6. The number of amides is 1. The summed E-state index contributed by atoms with van der Waals surface area (Å²) in [7, 11) is 0. The number of nitrogens with one attached hydrogen (secondary N) is 2. The largest absolute Gasteiger partial charge is 0.351 e. The van der Waals surface area contributed by atoms with Crippen LogP contribution < -0.4 is 5.32 Å². The summed E-state index contributed by atoms with van der Waals surface area (Å²) < 4.78 is 0. The van der Waals surface area contributed by atoms with E-state index in [-0.39, 0.29) is 5.91 Å². The van der Waals surface area contributed by atoms with Crippen molar-refractivity contribution in [3.8, 4) is 11.5 Å². The number of rotatable bonds is 1. The third-order valence-corrected chi connectivity index (χ3v) is 3.72. The second-order valence-corrected chi connectivity index (χ2v) is 5.16. The van der Waals surface area contributed by atoms with Gasteiger partial charge in [-0.1, -0.05) is 24.3 Å². The molecule has 1 aliphatic rings. The average Bonchev–Trinajstić information content (AvgIpc) is 2.88. The molecule has 21 heavy (non-hydrogen) atoms. The summed E-state index contributed by atoms with van der Waals surface area (Å²) in [6, 6.07) is 11.9. The molecule has 0 spiro atoms. The highest BCUT2D eigenvalue weighted by atomic mass is 16.1. The lowest BCUT2D eigenvalue weighted by molar-refractivity contribution is 0.0951. The summed E-state index contributed by atoms with van der Waals surface area (Å²) in [6.07, 6.45) is 1.75. The Labute approximate surface area is 121 Å². The summed E-state index contributed by atoms with van der Waals surface area (Å²) in [4.78, 5) is 24.2. The van der Waals surface area contributed by atoms with Crippen molar-refractivity contribution in [2.75, 3.05) is 6.54 Å². The average molecular weight is 278 g/mol. The molecule has 2 aromatic heterocycles. The van der Waals surface area contributed by atoms with Gasteiger partial charge in [-0.05, 0) is 25.0 Å². The molecule has 0 unspecified atom stereocenters. The molecule has 0 saturated heterocycles. The number of hydrogen-bond acceptors (Lipinski definition) is 3. The van der Waals surface area contributed by atoms with Crippen LogP contribution >= 0.6 is 0 Å². The Kier molecular flexibility index (Phi) is 2.70. The van der Waals surface area contributed by atoms with Crippen LogP contribution in [0.25, 0.3) is 22.4 Å². The topological polar surface area (TPSA) is 70.7 Å². The van der Waals surface area contributed by atoms with Crippen LogP contribution in [0.3, 0.4) is 0 Å². The van der Waals surface area contributed by atoms with E-state index in [1.165, 1.54) is 0 Å². The molecule has 1 aliphatic heterocycles. The van der Waals surface area contributed by atoms with Crippen LogP contribution in [-0.4, -0.2) is 27.4 Å². The standard InChI is InChI=1S/C16H14N4O/c21-16-14-12(6-3-9-17-16)19-15(20-14)13-8-7-10-4-1-2-5-11(10)18-13/h1-2,4-5,7-8H,3,6,9H2,(H,17,21)(H,19,20).